The first-order valence-electron chi connectivity index (χ1n) is 10.3. The third kappa shape index (κ3) is 4.73. The number of nitrogens with zero attached hydrogens (tertiary/aromatic N) is 4. The first-order chi connectivity index (χ1) is 15.1. The summed E-state index contributed by atoms with van der Waals surface area (Å²) < 4.78 is 47.1. The zero-order chi connectivity index (χ0) is 23.0. The molecule has 4 rings (SSSR count). The van der Waals surface area contributed by atoms with E-state index in [-0.39, 0.29) is 40.4 Å². The fourth-order valence-electron chi connectivity index (χ4n) is 3.70. The fraction of sp³-hybridized carbons (Fsp3) is 0.476. The summed E-state index contributed by atoms with van der Waals surface area (Å²) in [6, 6.07) is 1.18. The van der Waals surface area contributed by atoms with E-state index in [4.69, 9.17) is 4.42 Å². The highest BCUT2D eigenvalue weighted by Gasteiger charge is 2.36. The molecule has 172 valence electrons. The molecule has 0 saturated carbocycles. The zero-order valence-corrected chi connectivity index (χ0v) is 18.8. The van der Waals surface area contributed by atoms with Crippen LogP contribution in [0.25, 0.3) is 21.7 Å². The fourth-order valence-corrected chi connectivity index (χ4v) is 4.72. The van der Waals surface area contributed by atoms with Crippen molar-refractivity contribution >= 4 is 33.3 Å². The number of hydrogen-bond acceptors (Lipinski definition) is 7. The molecule has 7 nitrogen and oxygen atoms in total. The van der Waals surface area contributed by atoms with Gasteiger partial charge in [-0.25, -0.2) is 9.97 Å². The maximum atomic E-state index is 13.9. The Labute approximate surface area is 187 Å². The molecule has 0 aliphatic carbocycles. The Balaban J connectivity index is 1.61. The molecule has 1 amide bonds. The van der Waals surface area contributed by atoms with Crippen molar-refractivity contribution in [3.05, 3.63) is 29.0 Å². The third-order valence-electron chi connectivity index (χ3n) is 5.18. The van der Waals surface area contributed by atoms with E-state index in [2.05, 4.69) is 15.3 Å². The van der Waals surface area contributed by atoms with Gasteiger partial charge in [-0.1, -0.05) is 0 Å². The van der Waals surface area contributed by atoms with Gasteiger partial charge in [0.05, 0.1) is 33.6 Å². The lowest BCUT2D eigenvalue weighted by molar-refractivity contribution is -0.136. The van der Waals surface area contributed by atoms with Crippen LogP contribution in [0.5, 0.6) is 0 Å². The van der Waals surface area contributed by atoms with Crippen LogP contribution in [0.4, 0.5) is 19.0 Å². The molecule has 3 aromatic heterocycles. The number of oxazole rings is 1. The van der Waals surface area contributed by atoms with Crippen LogP contribution in [0.1, 0.15) is 25.1 Å². The van der Waals surface area contributed by atoms with Gasteiger partial charge in [0, 0.05) is 37.6 Å². The number of carbonyl (C=O) groups is 1. The highest BCUT2D eigenvalue weighted by molar-refractivity contribution is 7.17. The van der Waals surface area contributed by atoms with Crippen LogP contribution in [-0.2, 0) is 11.0 Å². The van der Waals surface area contributed by atoms with Crippen LogP contribution in [0, 0.1) is 6.92 Å². The van der Waals surface area contributed by atoms with Crippen LogP contribution in [-0.4, -0.2) is 59.5 Å². The van der Waals surface area contributed by atoms with Crippen molar-refractivity contribution in [2.45, 2.75) is 33.0 Å². The van der Waals surface area contributed by atoms with Gasteiger partial charge in [0.25, 0.3) is 0 Å². The molecular weight excluding hydrogens is 443 g/mol. The minimum absolute atomic E-state index is 0.0588. The molecule has 1 saturated heterocycles. The number of piperazine rings is 1. The lowest BCUT2D eigenvalue weighted by Crippen LogP contribution is -2.50. The molecule has 0 aromatic carbocycles. The molecular formula is C21H24F3N5O2S. The molecule has 11 heteroatoms. The van der Waals surface area contributed by atoms with Crippen LogP contribution in [0.15, 0.2) is 22.1 Å². The normalized spacial score (nSPS) is 15.7. The number of hydrogen-bond donors (Lipinski definition) is 1. The average Bonchev–Trinajstić information content (AvgIpc) is 3.32. The Hall–Kier alpha value is -2.66. The molecule has 4 heterocycles. The van der Waals surface area contributed by atoms with Gasteiger partial charge in [-0.3, -0.25) is 9.69 Å². The van der Waals surface area contributed by atoms with E-state index in [1.54, 1.807) is 12.3 Å². The Bertz CT molecular complexity index is 1120. The predicted octanol–water partition coefficient (Wildman–Crippen LogP) is 3.93. The van der Waals surface area contributed by atoms with Gasteiger partial charge in [-0.2, -0.15) is 13.2 Å². The standard InChI is InChI=1S/C21H24F3N5O2S/c1-12(2)25-17(30)9-28-4-6-29(7-5-28)16-8-15(21(22,23)24)19-18(27-16)14(11-32-19)20-26-13(3)10-31-20/h8,10-12H,4-7,9H2,1-3H3,(H,25,30). The van der Waals surface area contributed by atoms with E-state index < -0.39 is 11.7 Å². The second-order valence-electron chi connectivity index (χ2n) is 8.13. The maximum Gasteiger partial charge on any atom is 0.417 e. The molecule has 3 aromatic rings. The highest BCUT2D eigenvalue weighted by atomic mass is 32.1. The summed E-state index contributed by atoms with van der Waals surface area (Å²) in [7, 11) is 0. The van der Waals surface area contributed by atoms with E-state index in [0.29, 0.717) is 37.4 Å². The summed E-state index contributed by atoms with van der Waals surface area (Å²) >= 11 is 0.985. The SMILES string of the molecule is Cc1coc(-c2csc3c(C(F)(F)F)cc(N4CCN(CC(=O)NC(C)C)CC4)nc23)n1. The van der Waals surface area contributed by atoms with Crippen molar-refractivity contribution in [1.82, 2.24) is 20.2 Å². The monoisotopic (exact) mass is 467 g/mol. The van der Waals surface area contributed by atoms with E-state index in [1.165, 1.54) is 6.26 Å². The van der Waals surface area contributed by atoms with Crippen LogP contribution < -0.4 is 10.2 Å². The van der Waals surface area contributed by atoms with Crippen LogP contribution >= 0.6 is 11.3 Å². The summed E-state index contributed by atoms with van der Waals surface area (Å²) in [4.78, 5) is 24.7. The third-order valence-corrected chi connectivity index (χ3v) is 6.18. The number of halogens is 3. The smallest absolute Gasteiger partial charge is 0.417 e. The molecule has 1 aliphatic rings. The lowest BCUT2D eigenvalue weighted by atomic mass is 10.1. The number of amides is 1. The number of fused-ring (bicyclic) bond motifs is 1. The lowest BCUT2D eigenvalue weighted by Gasteiger charge is -2.35. The number of pyridine rings is 1. The van der Waals surface area contributed by atoms with E-state index in [9.17, 15) is 18.0 Å². The number of alkyl halides is 3. The van der Waals surface area contributed by atoms with Crippen molar-refractivity contribution in [3.63, 3.8) is 0 Å². The quantitative estimate of drug-likeness (QED) is 0.613. The Kier molecular flexibility index (Phi) is 6.13. The number of aromatic nitrogens is 2. The summed E-state index contributed by atoms with van der Waals surface area (Å²) in [5.41, 5.74) is 0.620. The van der Waals surface area contributed by atoms with Gasteiger partial charge in [0.2, 0.25) is 11.8 Å². The molecule has 0 bridgehead atoms. The largest absolute Gasteiger partial charge is 0.444 e. The molecule has 1 fully saturated rings. The van der Waals surface area contributed by atoms with Crippen molar-refractivity contribution < 1.29 is 22.4 Å². The van der Waals surface area contributed by atoms with Gasteiger partial charge in [-0.15, -0.1) is 11.3 Å². The summed E-state index contributed by atoms with van der Waals surface area (Å²) in [5.74, 6) is 0.461. The second-order valence-corrected chi connectivity index (χ2v) is 9.01. The number of nitrogens with one attached hydrogen (secondary N) is 1. The van der Waals surface area contributed by atoms with Crippen molar-refractivity contribution in [1.29, 1.82) is 0 Å². The van der Waals surface area contributed by atoms with Gasteiger partial charge >= 0.3 is 6.18 Å². The number of anilines is 1. The van der Waals surface area contributed by atoms with E-state index in [0.717, 1.165) is 17.4 Å². The first-order valence-corrected chi connectivity index (χ1v) is 11.2. The molecule has 1 aliphatic heterocycles. The van der Waals surface area contributed by atoms with Crippen LogP contribution in [0.2, 0.25) is 0 Å². The second kappa shape index (κ2) is 8.70. The predicted molar refractivity (Wildman–Crippen MR) is 117 cm³/mol. The Morgan fingerprint density at radius 3 is 2.56 bits per heavy atom. The van der Waals surface area contributed by atoms with E-state index in [1.807, 2.05) is 23.6 Å². The van der Waals surface area contributed by atoms with Gasteiger partial charge in [-0.05, 0) is 26.8 Å². The molecule has 0 unspecified atom stereocenters. The molecule has 1 N–H and O–H groups in total. The van der Waals surface area contributed by atoms with Crippen molar-refractivity contribution in [3.8, 4) is 11.5 Å². The minimum atomic E-state index is -4.51. The topological polar surface area (TPSA) is 74.5 Å². The number of thiophene rings is 1. The summed E-state index contributed by atoms with van der Waals surface area (Å²) in [5, 5.41) is 4.46. The number of aryl methyl sites for hydroxylation is 1. The van der Waals surface area contributed by atoms with E-state index >= 15 is 0 Å². The highest BCUT2D eigenvalue weighted by Crippen LogP contribution is 2.42. The summed E-state index contributed by atoms with van der Waals surface area (Å²) in [6.45, 7) is 7.88. The molecule has 0 atom stereocenters. The molecule has 0 radical (unpaired) electrons. The minimum Gasteiger partial charge on any atom is -0.444 e. The molecule has 0 spiro atoms. The van der Waals surface area contributed by atoms with Gasteiger partial charge < -0.3 is 14.6 Å². The number of carbonyl (C=O) groups excluding carboxylic acids is 1. The van der Waals surface area contributed by atoms with Crippen molar-refractivity contribution in [2.75, 3.05) is 37.6 Å². The number of rotatable bonds is 5. The Morgan fingerprint density at radius 1 is 1.25 bits per heavy atom. The van der Waals surface area contributed by atoms with Crippen molar-refractivity contribution in [2.24, 2.45) is 0 Å². The molecule has 32 heavy (non-hydrogen) atoms. The van der Waals surface area contributed by atoms with Gasteiger partial charge in [0.15, 0.2) is 0 Å². The first kappa shape index (κ1) is 22.5. The average molecular weight is 468 g/mol. The Morgan fingerprint density at radius 2 is 1.97 bits per heavy atom. The summed E-state index contributed by atoms with van der Waals surface area (Å²) in [6.07, 6.45) is -3.05. The zero-order valence-electron chi connectivity index (χ0n) is 18.0. The maximum absolute atomic E-state index is 13.9. The van der Waals surface area contributed by atoms with Crippen LogP contribution in [0.3, 0.4) is 0 Å². The van der Waals surface area contributed by atoms with Gasteiger partial charge in [0.1, 0.15) is 12.1 Å².